The number of ether oxygens (including phenoxy) is 2. The molecule has 8 nitrogen and oxygen atoms in total. The minimum Gasteiger partial charge on any atom is -0.454 e. The summed E-state index contributed by atoms with van der Waals surface area (Å²) >= 11 is 7.49. The van der Waals surface area contributed by atoms with Crippen molar-refractivity contribution in [1.29, 1.82) is 0 Å². The molecular weight excluding hydrogens is 464 g/mol. The number of aryl methyl sites for hydroxylation is 1. The van der Waals surface area contributed by atoms with Gasteiger partial charge in [-0.2, -0.15) is 0 Å². The van der Waals surface area contributed by atoms with E-state index < -0.39 is 0 Å². The van der Waals surface area contributed by atoms with Crippen LogP contribution in [0.1, 0.15) is 28.5 Å². The zero-order valence-electron chi connectivity index (χ0n) is 17.6. The smallest absolute Gasteiger partial charge is 0.250 e. The first-order valence-corrected chi connectivity index (χ1v) is 11.4. The first kappa shape index (κ1) is 21.4. The highest BCUT2D eigenvalue weighted by molar-refractivity contribution is 7.15. The monoisotopic (exact) mass is 482 g/mol. The van der Waals surface area contributed by atoms with E-state index >= 15 is 0 Å². The van der Waals surface area contributed by atoms with Crippen molar-refractivity contribution < 1.29 is 19.1 Å². The number of rotatable bonds is 5. The van der Waals surface area contributed by atoms with Crippen molar-refractivity contribution in [1.82, 2.24) is 10.2 Å². The normalized spacial score (nSPS) is 17.2. The average molecular weight is 483 g/mol. The van der Waals surface area contributed by atoms with Crippen LogP contribution in [0.5, 0.6) is 11.5 Å². The number of halogens is 1. The van der Waals surface area contributed by atoms with Gasteiger partial charge in [-0.3, -0.25) is 14.9 Å². The highest BCUT2D eigenvalue weighted by Gasteiger charge is 2.34. The maximum atomic E-state index is 12.6. The molecule has 3 aromatic rings. The number of carbonyl (C=O) groups excluding carboxylic acids is 2. The van der Waals surface area contributed by atoms with Crippen molar-refractivity contribution in [2.24, 2.45) is 0 Å². The summed E-state index contributed by atoms with van der Waals surface area (Å²) in [5, 5.41) is 12.7. The summed E-state index contributed by atoms with van der Waals surface area (Å²) in [6.07, 6.45) is 3.43. The van der Waals surface area contributed by atoms with Gasteiger partial charge in [-0.1, -0.05) is 35.1 Å². The SMILES string of the molecule is Cc1ccc(N2CC(c3nnc(NC(=O)/C=C/c4ccc5c(c4)OCO5)s3)CC2=O)cc1Cl. The lowest BCUT2D eigenvalue weighted by Crippen LogP contribution is -2.24. The molecule has 1 N–H and O–H groups in total. The Morgan fingerprint density at radius 3 is 2.91 bits per heavy atom. The van der Waals surface area contributed by atoms with Crippen LogP contribution in [-0.4, -0.2) is 35.3 Å². The molecule has 0 aliphatic carbocycles. The molecule has 0 radical (unpaired) electrons. The Morgan fingerprint density at radius 2 is 2.06 bits per heavy atom. The quantitative estimate of drug-likeness (QED) is 0.542. The lowest BCUT2D eigenvalue weighted by molar-refractivity contribution is -0.117. The number of benzene rings is 2. The zero-order valence-corrected chi connectivity index (χ0v) is 19.2. The number of nitrogens with zero attached hydrogens (tertiary/aromatic N) is 3. The van der Waals surface area contributed by atoms with Gasteiger partial charge in [0, 0.05) is 35.7 Å². The number of amides is 2. The zero-order chi connectivity index (χ0) is 22.9. The number of hydrogen-bond donors (Lipinski definition) is 1. The summed E-state index contributed by atoms with van der Waals surface area (Å²) in [4.78, 5) is 26.6. The van der Waals surface area contributed by atoms with E-state index in [1.54, 1.807) is 29.2 Å². The fraction of sp³-hybridized carbons (Fsp3) is 0.217. The van der Waals surface area contributed by atoms with Crippen LogP contribution in [0.25, 0.3) is 6.08 Å². The van der Waals surface area contributed by atoms with Gasteiger partial charge in [0.15, 0.2) is 11.5 Å². The first-order chi connectivity index (χ1) is 16.0. The van der Waals surface area contributed by atoms with Gasteiger partial charge in [-0.25, -0.2) is 0 Å². The molecule has 10 heteroatoms. The molecule has 2 aromatic carbocycles. The van der Waals surface area contributed by atoms with Gasteiger partial charge in [-0.15, -0.1) is 10.2 Å². The standard InChI is InChI=1S/C23H19ClN4O4S/c1-13-2-5-16(10-17(13)24)28-11-15(9-21(28)30)22-26-27-23(33-22)25-20(29)7-4-14-3-6-18-19(8-14)32-12-31-18/h2-8,10,15H,9,11-12H2,1H3,(H,25,27,29)/b7-4+. The number of aromatic nitrogens is 2. The Bertz CT molecular complexity index is 1280. The number of nitrogens with one attached hydrogen (secondary N) is 1. The molecule has 2 aliphatic heterocycles. The molecular formula is C23H19ClN4O4S. The van der Waals surface area contributed by atoms with Crippen molar-refractivity contribution in [2.75, 3.05) is 23.6 Å². The van der Waals surface area contributed by atoms with Gasteiger partial charge in [0.2, 0.25) is 23.7 Å². The van der Waals surface area contributed by atoms with Crippen molar-refractivity contribution in [3.8, 4) is 11.5 Å². The summed E-state index contributed by atoms with van der Waals surface area (Å²) in [5.74, 6) is 0.929. The third-order valence-electron chi connectivity index (χ3n) is 5.44. The summed E-state index contributed by atoms with van der Waals surface area (Å²) in [7, 11) is 0. The van der Waals surface area contributed by atoms with Crippen LogP contribution in [0, 0.1) is 6.92 Å². The molecule has 1 fully saturated rings. The van der Waals surface area contributed by atoms with Crippen LogP contribution in [0.4, 0.5) is 10.8 Å². The molecule has 1 aromatic heterocycles. The molecule has 5 rings (SSSR count). The number of anilines is 2. The van der Waals surface area contributed by atoms with Crippen molar-refractivity contribution in [3.05, 3.63) is 63.6 Å². The highest BCUT2D eigenvalue weighted by atomic mass is 35.5. The van der Waals surface area contributed by atoms with E-state index in [0.29, 0.717) is 39.6 Å². The van der Waals surface area contributed by atoms with Gasteiger partial charge in [0.1, 0.15) is 5.01 Å². The Hall–Kier alpha value is -3.43. The maximum absolute atomic E-state index is 12.6. The van der Waals surface area contributed by atoms with Gasteiger partial charge in [-0.05, 0) is 48.4 Å². The van der Waals surface area contributed by atoms with E-state index in [1.807, 2.05) is 25.1 Å². The fourth-order valence-electron chi connectivity index (χ4n) is 3.66. The second-order valence-corrected chi connectivity index (χ2v) is 9.14. The van der Waals surface area contributed by atoms with Crippen LogP contribution >= 0.6 is 22.9 Å². The minimum absolute atomic E-state index is 0.00682. The molecule has 1 unspecified atom stereocenters. The number of hydrogen-bond acceptors (Lipinski definition) is 7. The maximum Gasteiger partial charge on any atom is 0.250 e. The largest absolute Gasteiger partial charge is 0.454 e. The first-order valence-electron chi connectivity index (χ1n) is 10.2. The molecule has 168 valence electrons. The number of fused-ring (bicyclic) bond motifs is 1. The molecule has 3 heterocycles. The second-order valence-electron chi connectivity index (χ2n) is 7.72. The Morgan fingerprint density at radius 1 is 1.21 bits per heavy atom. The van der Waals surface area contributed by atoms with E-state index in [2.05, 4.69) is 15.5 Å². The molecule has 0 spiro atoms. The fourth-order valence-corrected chi connectivity index (χ4v) is 4.67. The molecule has 0 bridgehead atoms. The molecule has 1 saturated heterocycles. The molecule has 2 aliphatic rings. The third kappa shape index (κ3) is 4.55. The Balaban J connectivity index is 1.21. The van der Waals surface area contributed by atoms with Gasteiger partial charge in [0.25, 0.3) is 0 Å². The van der Waals surface area contributed by atoms with Gasteiger partial charge in [0.05, 0.1) is 0 Å². The second kappa shape index (κ2) is 8.84. The van der Waals surface area contributed by atoms with Crippen LogP contribution in [0.3, 0.4) is 0 Å². The van der Waals surface area contributed by atoms with E-state index in [9.17, 15) is 9.59 Å². The van der Waals surface area contributed by atoms with Crippen LogP contribution in [0.15, 0.2) is 42.5 Å². The van der Waals surface area contributed by atoms with E-state index in [0.717, 1.165) is 16.8 Å². The average Bonchev–Trinajstić information content (AvgIpc) is 3.53. The van der Waals surface area contributed by atoms with E-state index in [-0.39, 0.29) is 24.5 Å². The van der Waals surface area contributed by atoms with E-state index in [1.165, 1.54) is 17.4 Å². The van der Waals surface area contributed by atoms with Gasteiger partial charge < -0.3 is 14.4 Å². The van der Waals surface area contributed by atoms with Gasteiger partial charge >= 0.3 is 0 Å². The Labute approximate surface area is 198 Å². The van der Waals surface area contributed by atoms with Crippen LogP contribution < -0.4 is 19.7 Å². The summed E-state index contributed by atoms with van der Waals surface area (Å²) in [5.41, 5.74) is 2.54. The molecule has 0 saturated carbocycles. The summed E-state index contributed by atoms with van der Waals surface area (Å²) in [6, 6.07) is 11.0. The lowest BCUT2D eigenvalue weighted by Gasteiger charge is -2.17. The van der Waals surface area contributed by atoms with Crippen molar-refractivity contribution >= 4 is 51.6 Å². The molecule has 33 heavy (non-hydrogen) atoms. The lowest BCUT2D eigenvalue weighted by atomic mass is 10.1. The van der Waals surface area contributed by atoms with Crippen LogP contribution in [-0.2, 0) is 9.59 Å². The van der Waals surface area contributed by atoms with Crippen molar-refractivity contribution in [2.45, 2.75) is 19.3 Å². The van der Waals surface area contributed by atoms with E-state index in [4.69, 9.17) is 21.1 Å². The highest BCUT2D eigenvalue weighted by Crippen LogP contribution is 2.36. The predicted octanol–water partition coefficient (Wildman–Crippen LogP) is 4.40. The summed E-state index contributed by atoms with van der Waals surface area (Å²) in [6.45, 7) is 2.61. The Kier molecular flexibility index (Phi) is 5.74. The summed E-state index contributed by atoms with van der Waals surface area (Å²) < 4.78 is 10.6. The molecule has 2 amide bonds. The van der Waals surface area contributed by atoms with Crippen molar-refractivity contribution in [3.63, 3.8) is 0 Å². The molecule has 1 atom stereocenters. The number of carbonyl (C=O) groups is 2. The third-order valence-corrected chi connectivity index (χ3v) is 6.84. The minimum atomic E-state index is -0.325. The topological polar surface area (TPSA) is 93.7 Å². The predicted molar refractivity (Wildman–Crippen MR) is 126 cm³/mol. The van der Waals surface area contributed by atoms with Crippen LogP contribution in [0.2, 0.25) is 5.02 Å².